The number of ether oxygens (including phenoxy) is 2. The van der Waals surface area contributed by atoms with E-state index < -0.39 is 12.1 Å². The van der Waals surface area contributed by atoms with Gasteiger partial charge >= 0.3 is 0 Å². The van der Waals surface area contributed by atoms with Crippen molar-refractivity contribution in [2.24, 2.45) is 0 Å². The average Bonchev–Trinajstić information content (AvgIpc) is 2.44. The van der Waals surface area contributed by atoms with E-state index in [1.54, 1.807) is 25.3 Å². The van der Waals surface area contributed by atoms with E-state index in [9.17, 15) is 9.18 Å². The van der Waals surface area contributed by atoms with E-state index in [-0.39, 0.29) is 5.69 Å². The molecular formula is C14H14FNO3. The maximum Gasteiger partial charge on any atom is 0.199 e. The number of aldehydes is 1. The first-order valence-corrected chi connectivity index (χ1v) is 5.93. The lowest BCUT2D eigenvalue weighted by molar-refractivity contribution is -0.0540. The highest BCUT2D eigenvalue weighted by Crippen LogP contribution is 2.26. The number of carbonyl (C=O) groups excluding carboxylic acids is 1. The Labute approximate surface area is 110 Å². The van der Waals surface area contributed by atoms with Crippen LogP contribution in [0.1, 0.15) is 23.8 Å². The van der Waals surface area contributed by atoms with Gasteiger partial charge in [-0.2, -0.15) is 0 Å². The predicted octanol–water partition coefficient (Wildman–Crippen LogP) is 2.95. The van der Waals surface area contributed by atoms with Gasteiger partial charge in [0.25, 0.3) is 0 Å². The smallest absolute Gasteiger partial charge is 0.199 e. The molecule has 0 unspecified atom stereocenters. The number of hydrogen-bond donors (Lipinski definition) is 0. The first kappa shape index (κ1) is 13.4. The minimum Gasteiger partial charge on any atom is -0.463 e. The normalized spacial score (nSPS) is 12.4. The van der Waals surface area contributed by atoms with Crippen molar-refractivity contribution in [3.05, 3.63) is 35.8 Å². The Hall–Kier alpha value is -2.01. The van der Waals surface area contributed by atoms with Crippen molar-refractivity contribution in [2.75, 3.05) is 7.11 Å². The van der Waals surface area contributed by atoms with Gasteiger partial charge in [-0.15, -0.1) is 0 Å². The van der Waals surface area contributed by atoms with Gasteiger partial charge in [-0.05, 0) is 12.1 Å². The van der Waals surface area contributed by atoms with Gasteiger partial charge in [-0.25, -0.2) is 9.37 Å². The molecule has 0 aliphatic heterocycles. The summed E-state index contributed by atoms with van der Waals surface area (Å²) in [6.07, 6.45) is 0.644. The molecule has 1 aromatic carbocycles. The highest BCUT2D eigenvalue weighted by atomic mass is 19.1. The monoisotopic (exact) mass is 263 g/mol. The lowest BCUT2D eigenvalue weighted by Gasteiger charge is -2.16. The molecule has 2 rings (SSSR count). The summed E-state index contributed by atoms with van der Waals surface area (Å²) >= 11 is 0. The van der Waals surface area contributed by atoms with Crippen LogP contribution in [-0.4, -0.2) is 24.7 Å². The summed E-state index contributed by atoms with van der Waals surface area (Å²) in [6, 6.07) is 6.43. The van der Waals surface area contributed by atoms with Crippen molar-refractivity contribution in [1.82, 2.24) is 4.98 Å². The van der Waals surface area contributed by atoms with E-state index in [4.69, 9.17) is 9.47 Å². The highest BCUT2D eigenvalue weighted by Gasteiger charge is 2.12. The van der Waals surface area contributed by atoms with Crippen LogP contribution >= 0.6 is 0 Å². The average molecular weight is 263 g/mol. The number of pyridine rings is 1. The molecule has 2 aromatic rings. The fourth-order valence-corrected chi connectivity index (χ4v) is 1.78. The summed E-state index contributed by atoms with van der Waals surface area (Å²) in [7, 11) is 1.54. The molecule has 1 atom stereocenters. The van der Waals surface area contributed by atoms with Crippen molar-refractivity contribution in [3.63, 3.8) is 0 Å². The number of aromatic nitrogens is 1. The molecule has 0 amide bonds. The van der Waals surface area contributed by atoms with Crippen molar-refractivity contribution in [1.29, 1.82) is 0 Å². The van der Waals surface area contributed by atoms with E-state index in [2.05, 4.69) is 4.98 Å². The van der Waals surface area contributed by atoms with Crippen LogP contribution in [0, 0.1) is 5.82 Å². The molecule has 0 aliphatic carbocycles. The predicted molar refractivity (Wildman–Crippen MR) is 68.8 cm³/mol. The zero-order chi connectivity index (χ0) is 13.8. The first-order valence-electron chi connectivity index (χ1n) is 5.93. The summed E-state index contributed by atoms with van der Waals surface area (Å²) in [5.41, 5.74) is 0.218. The number of halogens is 1. The molecule has 0 spiro atoms. The standard InChI is InChI=1S/C14H14FNO3/c1-3-13(18-2)19-12-6-4-5-9-7-10(15)11(8-17)16-14(9)12/h4-8,13H,3H2,1-2H3/t13-/m1/s1. The zero-order valence-electron chi connectivity index (χ0n) is 10.7. The van der Waals surface area contributed by atoms with Gasteiger partial charge in [0.2, 0.25) is 0 Å². The van der Waals surface area contributed by atoms with Gasteiger partial charge in [0, 0.05) is 18.9 Å². The molecule has 0 fully saturated rings. The maximum absolute atomic E-state index is 13.5. The molecule has 4 nitrogen and oxygen atoms in total. The molecule has 0 bridgehead atoms. The zero-order valence-corrected chi connectivity index (χ0v) is 10.7. The molecule has 5 heteroatoms. The molecule has 0 radical (unpaired) electrons. The van der Waals surface area contributed by atoms with Gasteiger partial charge < -0.3 is 9.47 Å². The van der Waals surface area contributed by atoms with Crippen LogP contribution in [0.2, 0.25) is 0 Å². The summed E-state index contributed by atoms with van der Waals surface area (Å²) < 4.78 is 24.3. The van der Waals surface area contributed by atoms with Crippen molar-refractivity contribution in [3.8, 4) is 5.75 Å². The number of fused-ring (bicyclic) bond motifs is 1. The molecule has 19 heavy (non-hydrogen) atoms. The van der Waals surface area contributed by atoms with E-state index in [0.717, 1.165) is 0 Å². The summed E-state index contributed by atoms with van der Waals surface area (Å²) in [5, 5.41) is 0.576. The van der Waals surface area contributed by atoms with Gasteiger partial charge in [0.15, 0.2) is 18.4 Å². The quantitative estimate of drug-likeness (QED) is 0.614. The number of nitrogens with zero attached hydrogens (tertiary/aromatic N) is 1. The van der Waals surface area contributed by atoms with Crippen LogP contribution < -0.4 is 4.74 Å². The Morgan fingerprint density at radius 1 is 1.47 bits per heavy atom. The van der Waals surface area contributed by atoms with Gasteiger partial charge in [-0.1, -0.05) is 19.1 Å². The molecule has 0 saturated carbocycles. The van der Waals surface area contributed by atoms with Crippen LogP contribution in [0.5, 0.6) is 5.75 Å². The Morgan fingerprint density at radius 2 is 2.26 bits per heavy atom. The highest BCUT2D eigenvalue weighted by molar-refractivity contribution is 5.87. The second kappa shape index (κ2) is 5.75. The molecule has 0 N–H and O–H groups in total. The van der Waals surface area contributed by atoms with Crippen LogP contribution in [0.3, 0.4) is 0 Å². The van der Waals surface area contributed by atoms with Crippen LogP contribution in [0.15, 0.2) is 24.3 Å². The lowest BCUT2D eigenvalue weighted by Crippen LogP contribution is -2.17. The fourth-order valence-electron chi connectivity index (χ4n) is 1.78. The minimum atomic E-state index is -0.640. The molecule has 1 heterocycles. The van der Waals surface area contributed by atoms with E-state index >= 15 is 0 Å². The van der Waals surface area contributed by atoms with E-state index in [1.807, 2.05) is 6.92 Å². The molecule has 100 valence electrons. The number of benzene rings is 1. The van der Waals surface area contributed by atoms with Crippen molar-refractivity contribution < 1.29 is 18.7 Å². The number of methoxy groups -OCH3 is 1. The number of para-hydroxylation sites is 1. The van der Waals surface area contributed by atoms with E-state index in [0.29, 0.717) is 29.4 Å². The molecule has 1 aromatic heterocycles. The van der Waals surface area contributed by atoms with Crippen LogP contribution in [0.25, 0.3) is 10.9 Å². The van der Waals surface area contributed by atoms with Gasteiger partial charge in [0.1, 0.15) is 17.0 Å². The van der Waals surface area contributed by atoms with Crippen LogP contribution in [-0.2, 0) is 4.74 Å². The maximum atomic E-state index is 13.5. The molecular weight excluding hydrogens is 249 g/mol. The lowest BCUT2D eigenvalue weighted by atomic mass is 10.2. The number of carbonyl (C=O) groups is 1. The summed E-state index contributed by atoms with van der Waals surface area (Å²) in [6.45, 7) is 1.92. The molecule has 0 saturated heterocycles. The summed E-state index contributed by atoms with van der Waals surface area (Å²) in [5.74, 6) is -0.173. The van der Waals surface area contributed by atoms with E-state index in [1.165, 1.54) is 6.07 Å². The second-order valence-corrected chi connectivity index (χ2v) is 3.99. The van der Waals surface area contributed by atoms with Gasteiger partial charge in [0.05, 0.1) is 0 Å². The molecule has 0 aliphatic rings. The Balaban J connectivity index is 2.52. The van der Waals surface area contributed by atoms with Gasteiger partial charge in [-0.3, -0.25) is 4.79 Å². The first-order chi connectivity index (χ1) is 9.19. The third-order valence-electron chi connectivity index (χ3n) is 2.76. The third kappa shape index (κ3) is 2.71. The topological polar surface area (TPSA) is 48.4 Å². The van der Waals surface area contributed by atoms with Crippen molar-refractivity contribution >= 4 is 17.2 Å². The second-order valence-electron chi connectivity index (χ2n) is 3.99. The number of rotatable bonds is 5. The SMILES string of the molecule is CC[C@H](OC)Oc1cccc2cc(F)c(C=O)nc12. The Morgan fingerprint density at radius 3 is 2.89 bits per heavy atom. The fraction of sp³-hybridized carbons (Fsp3) is 0.286. The third-order valence-corrected chi connectivity index (χ3v) is 2.76. The number of hydrogen-bond acceptors (Lipinski definition) is 4. The Kier molecular flexibility index (Phi) is 4.06. The Bertz CT molecular complexity index is 597. The summed E-state index contributed by atoms with van der Waals surface area (Å²) in [4.78, 5) is 14.7. The van der Waals surface area contributed by atoms with Crippen molar-refractivity contribution in [2.45, 2.75) is 19.6 Å². The minimum absolute atomic E-state index is 0.228. The van der Waals surface area contributed by atoms with Crippen LogP contribution in [0.4, 0.5) is 4.39 Å². The largest absolute Gasteiger partial charge is 0.463 e.